The van der Waals surface area contributed by atoms with Gasteiger partial charge in [-0.1, -0.05) is 50.8 Å². The van der Waals surface area contributed by atoms with Gasteiger partial charge in [-0.25, -0.2) is 0 Å². The molecule has 0 aromatic heterocycles. The van der Waals surface area contributed by atoms with Crippen LogP contribution in [0.1, 0.15) is 64.7 Å². The fraction of sp³-hybridized carbons (Fsp3) is 0.938. The average Bonchev–Trinajstić information content (AvgIpc) is 2.78. The lowest BCUT2D eigenvalue weighted by Crippen LogP contribution is -2.41. The van der Waals surface area contributed by atoms with E-state index in [0.29, 0.717) is 11.5 Å². The van der Waals surface area contributed by atoms with Gasteiger partial charge in [0.2, 0.25) is 0 Å². The monoisotopic (exact) mass is 280 g/mol. The van der Waals surface area contributed by atoms with Crippen LogP contribution in [0.15, 0.2) is 4.99 Å². The van der Waals surface area contributed by atoms with Gasteiger partial charge in [0.05, 0.1) is 0 Å². The number of thioether (sulfide) groups is 1. The van der Waals surface area contributed by atoms with Crippen molar-refractivity contribution in [2.75, 3.05) is 12.3 Å². The summed E-state index contributed by atoms with van der Waals surface area (Å²) < 4.78 is 0. The predicted molar refractivity (Wildman–Crippen MR) is 84.8 cm³/mol. The molecule has 19 heavy (non-hydrogen) atoms. The van der Waals surface area contributed by atoms with Crippen LogP contribution in [0.4, 0.5) is 0 Å². The highest BCUT2D eigenvalue weighted by atomic mass is 32.2. The van der Waals surface area contributed by atoms with Crippen LogP contribution in [-0.2, 0) is 0 Å². The molecule has 1 aliphatic heterocycles. The Morgan fingerprint density at radius 2 is 1.89 bits per heavy atom. The minimum atomic E-state index is 0.574. The fourth-order valence-corrected chi connectivity index (χ4v) is 5.15. The van der Waals surface area contributed by atoms with Crippen LogP contribution in [0.5, 0.6) is 0 Å². The molecule has 2 nitrogen and oxygen atoms in total. The lowest BCUT2D eigenvalue weighted by Gasteiger charge is -2.33. The predicted octanol–water partition coefficient (Wildman–Crippen LogP) is 4.21. The Bertz CT molecular complexity index is 334. The van der Waals surface area contributed by atoms with E-state index in [-0.39, 0.29) is 0 Å². The first kappa shape index (κ1) is 13.8. The number of hydrogen-bond donors (Lipinski definition) is 1. The number of nitrogens with one attached hydrogen (secondary N) is 1. The molecule has 1 N–H and O–H groups in total. The molecule has 3 rings (SSSR count). The number of nitrogens with zero attached hydrogens (tertiary/aromatic N) is 1. The highest BCUT2D eigenvalue weighted by Crippen LogP contribution is 2.43. The van der Waals surface area contributed by atoms with Gasteiger partial charge in [0.1, 0.15) is 0 Å². The first-order valence-electron chi connectivity index (χ1n) is 8.21. The number of amidine groups is 1. The van der Waals surface area contributed by atoms with E-state index in [4.69, 9.17) is 4.99 Å². The van der Waals surface area contributed by atoms with Crippen molar-refractivity contribution in [2.24, 2.45) is 16.3 Å². The van der Waals surface area contributed by atoms with E-state index >= 15 is 0 Å². The third-order valence-electron chi connectivity index (χ3n) is 5.41. The van der Waals surface area contributed by atoms with Crippen molar-refractivity contribution in [2.45, 2.75) is 70.8 Å². The second-order valence-electron chi connectivity index (χ2n) is 6.98. The molecule has 0 aromatic carbocycles. The zero-order valence-electron chi connectivity index (χ0n) is 12.3. The summed E-state index contributed by atoms with van der Waals surface area (Å²) in [5, 5.41) is 5.01. The summed E-state index contributed by atoms with van der Waals surface area (Å²) in [6, 6.07) is 0.673. The summed E-state index contributed by atoms with van der Waals surface area (Å²) in [7, 11) is 0. The number of aliphatic imine (C=N–C) groups is 1. The van der Waals surface area contributed by atoms with Gasteiger partial charge in [0, 0.05) is 18.3 Å². The number of hydrogen-bond acceptors (Lipinski definition) is 3. The van der Waals surface area contributed by atoms with Crippen molar-refractivity contribution < 1.29 is 0 Å². The maximum atomic E-state index is 4.89. The Kier molecular flexibility index (Phi) is 4.40. The van der Waals surface area contributed by atoms with Crippen LogP contribution >= 0.6 is 11.8 Å². The topological polar surface area (TPSA) is 24.4 Å². The van der Waals surface area contributed by atoms with Crippen molar-refractivity contribution in [3.8, 4) is 0 Å². The zero-order valence-corrected chi connectivity index (χ0v) is 13.1. The molecule has 2 atom stereocenters. The maximum absolute atomic E-state index is 4.89. The Hall–Kier alpha value is -0.180. The third-order valence-corrected chi connectivity index (χ3v) is 6.68. The Morgan fingerprint density at radius 1 is 1.11 bits per heavy atom. The molecule has 2 saturated carbocycles. The molecular formula is C16H28N2S. The molecule has 2 unspecified atom stereocenters. The molecule has 0 saturated heterocycles. The van der Waals surface area contributed by atoms with E-state index in [1.165, 1.54) is 68.7 Å². The molecule has 1 heterocycles. The highest BCUT2D eigenvalue weighted by molar-refractivity contribution is 8.13. The van der Waals surface area contributed by atoms with Gasteiger partial charge in [-0.15, -0.1) is 0 Å². The second-order valence-corrected chi connectivity index (χ2v) is 7.95. The van der Waals surface area contributed by atoms with Gasteiger partial charge < -0.3 is 5.32 Å². The molecule has 3 heteroatoms. The van der Waals surface area contributed by atoms with E-state index in [2.05, 4.69) is 12.2 Å². The molecular weight excluding hydrogens is 252 g/mol. The van der Waals surface area contributed by atoms with E-state index < -0.39 is 0 Å². The van der Waals surface area contributed by atoms with Crippen LogP contribution in [0, 0.1) is 11.3 Å². The smallest absolute Gasteiger partial charge is 0.156 e. The highest BCUT2D eigenvalue weighted by Gasteiger charge is 2.36. The molecule has 3 aliphatic rings. The van der Waals surface area contributed by atoms with Crippen LogP contribution in [0.2, 0.25) is 0 Å². The van der Waals surface area contributed by atoms with Crippen LogP contribution < -0.4 is 5.32 Å². The molecule has 0 bridgehead atoms. The first-order valence-corrected chi connectivity index (χ1v) is 9.20. The lowest BCUT2D eigenvalue weighted by atomic mass is 9.89. The van der Waals surface area contributed by atoms with Gasteiger partial charge in [-0.05, 0) is 37.0 Å². The normalized spacial score (nSPS) is 34.9. The standard InChI is InChI=1S/C16H28N2S/c1-13-7-3-2-4-8-14(13)18-15-17-11-16(12-19-15)9-5-6-10-16/h13-14H,2-12H2,1H3,(H,17,18). The molecule has 0 radical (unpaired) electrons. The van der Waals surface area contributed by atoms with E-state index in [0.717, 1.165) is 12.5 Å². The Morgan fingerprint density at radius 3 is 2.63 bits per heavy atom. The zero-order chi connectivity index (χ0) is 13.1. The largest absolute Gasteiger partial charge is 0.362 e. The SMILES string of the molecule is CC1CCCCCC1NC1=NCC2(CCCC2)CS1. The van der Waals surface area contributed by atoms with Crippen molar-refractivity contribution in [1.82, 2.24) is 5.32 Å². The fourth-order valence-electron chi connectivity index (χ4n) is 3.93. The minimum Gasteiger partial charge on any atom is -0.362 e. The minimum absolute atomic E-state index is 0.574. The molecule has 0 amide bonds. The van der Waals surface area contributed by atoms with Gasteiger partial charge >= 0.3 is 0 Å². The van der Waals surface area contributed by atoms with Crippen molar-refractivity contribution >= 4 is 16.9 Å². The summed E-state index contributed by atoms with van der Waals surface area (Å²) >= 11 is 2.00. The summed E-state index contributed by atoms with van der Waals surface area (Å²) in [5.74, 6) is 2.12. The third kappa shape index (κ3) is 3.29. The Labute approximate surface area is 122 Å². The van der Waals surface area contributed by atoms with Crippen LogP contribution in [0.3, 0.4) is 0 Å². The van der Waals surface area contributed by atoms with Gasteiger partial charge in [0.25, 0.3) is 0 Å². The van der Waals surface area contributed by atoms with Gasteiger partial charge in [-0.3, -0.25) is 4.99 Å². The van der Waals surface area contributed by atoms with Crippen LogP contribution in [0.25, 0.3) is 0 Å². The van der Waals surface area contributed by atoms with Gasteiger partial charge in [0.15, 0.2) is 5.17 Å². The number of rotatable bonds is 1. The van der Waals surface area contributed by atoms with E-state index in [9.17, 15) is 0 Å². The van der Waals surface area contributed by atoms with Crippen molar-refractivity contribution in [3.63, 3.8) is 0 Å². The average molecular weight is 280 g/mol. The molecule has 1 spiro atoms. The molecule has 2 fully saturated rings. The Balaban J connectivity index is 1.56. The summed E-state index contributed by atoms with van der Waals surface area (Å²) in [4.78, 5) is 4.89. The van der Waals surface area contributed by atoms with E-state index in [1.54, 1.807) is 0 Å². The quantitative estimate of drug-likeness (QED) is 0.728. The molecule has 2 aliphatic carbocycles. The lowest BCUT2D eigenvalue weighted by molar-refractivity contribution is 0.355. The van der Waals surface area contributed by atoms with Gasteiger partial charge in [-0.2, -0.15) is 0 Å². The maximum Gasteiger partial charge on any atom is 0.156 e. The summed E-state index contributed by atoms with van der Waals surface area (Å²) in [5.41, 5.74) is 0.574. The second kappa shape index (κ2) is 6.07. The molecule has 108 valence electrons. The summed E-state index contributed by atoms with van der Waals surface area (Å²) in [6.45, 7) is 3.50. The van der Waals surface area contributed by atoms with Crippen LogP contribution in [-0.4, -0.2) is 23.5 Å². The van der Waals surface area contributed by atoms with E-state index in [1.807, 2.05) is 11.8 Å². The molecule has 0 aromatic rings. The van der Waals surface area contributed by atoms with Crippen molar-refractivity contribution in [3.05, 3.63) is 0 Å². The summed E-state index contributed by atoms with van der Waals surface area (Å²) in [6.07, 6.45) is 12.6. The van der Waals surface area contributed by atoms with Crippen molar-refractivity contribution in [1.29, 1.82) is 0 Å². The first-order chi connectivity index (χ1) is 9.27.